The minimum atomic E-state index is -0.237. The topological polar surface area (TPSA) is 18.5 Å². The Morgan fingerprint density at radius 3 is 1.95 bits per heavy atom. The van der Waals surface area contributed by atoms with E-state index in [4.69, 9.17) is 9.47 Å². The summed E-state index contributed by atoms with van der Waals surface area (Å²) in [6.07, 6.45) is 10.6. The summed E-state index contributed by atoms with van der Waals surface area (Å²) >= 11 is 0. The van der Waals surface area contributed by atoms with Crippen molar-refractivity contribution in [2.45, 2.75) is 79.4 Å². The molecule has 0 unspecified atom stereocenters. The second kappa shape index (κ2) is 13.8. The molecule has 0 aromatic carbocycles. The van der Waals surface area contributed by atoms with Gasteiger partial charge in [0.05, 0.1) is 0 Å². The monoisotopic (exact) mass is 308 g/mol. The van der Waals surface area contributed by atoms with Crippen LogP contribution >= 0.6 is 0 Å². The second-order valence-corrected chi connectivity index (χ2v) is 6.14. The van der Waals surface area contributed by atoms with Gasteiger partial charge < -0.3 is 9.47 Å². The zero-order valence-corrected chi connectivity index (χ0v) is 15.4. The van der Waals surface area contributed by atoms with Gasteiger partial charge in [0, 0.05) is 13.2 Å². The van der Waals surface area contributed by atoms with E-state index >= 15 is 0 Å². The molecule has 0 spiro atoms. The molecule has 0 aliphatic heterocycles. The summed E-state index contributed by atoms with van der Waals surface area (Å²) in [7, 11) is 0. The minimum absolute atomic E-state index is 0.237. The summed E-state index contributed by atoms with van der Waals surface area (Å²) in [5.74, 6) is 0. The first-order valence-electron chi connectivity index (χ1n) is 8.71. The molecule has 0 radical (unpaired) electrons. The highest BCUT2D eigenvalue weighted by Crippen LogP contribution is 2.16. The zero-order chi connectivity index (χ0) is 16.8. The van der Waals surface area contributed by atoms with Gasteiger partial charge in [0.25, 0.3) is 0 Å². The van der Waals surface area contributed by atoms with E-state index in [1.54, 1.807) is 0 Å². The van der Waals surface area contributed by atoms with Gasteiger partial charge in [-0.2, -0.15) is 0 Å². The molecule has 0 saturated heterocycles. The molecule has 0 fully saturated rings. The highest BCUT2D eigenvalue weighted by molar-refractivity contribution is 5.05. The van der Waals surface area contributed by atoms with Crippen molar-refractivity contribution in [3.8, 4) is 0 Å². The predicted molar refractivity (Wildman–Crippen MR) is 97.1 cm³/mol. The molecule has 128 valence electrons. The van der Waals surface area contributed by atoms with Crippen LogP contribution in [0.5, 0.6) is 0 Å². The first kappa shape index (κ1) is 21.1. The zero-order valence-electron chi connectivity index (χ0n) is 15.4. The van der Waals surface area contributed by atoms with Gasteiger partial charge in [-0.15, -0.1) is 0 Å². The summed E-state index contributed by atoms with van der Waals surface area (Å²) in [5.41, 5.74) is 3.89. The van der Waals surface area contributed by atoms with Crippen molar-refractivity contribution in [2.24, 2.45) is 0 Å². The third-order valence-electron chi connectivity index (χ3n) is 3.33. The van der Waals surface area contributed by atoms with Gasteiger partial charge in [0.15, 0.2) is 6.29 Å². The van der Waals surface area contributed by atoms with Crippen molar-refractivity contribution in [1.82, 2.24) is 0 Å². The fourth-order valence-electron chi connectivity index (χ4n) is 2.05. The lowest BCUT2D eigenvalue weighted by Crippen LogP contribution is -2.20. The number of rotatable bonds is 13. The fraction of sp³-hybridized carbons (Fsp3) is 0.700. The number of hydrogen-bond acceptors (Lipinski definition) is 2. The van der Waals surface area contributed by atoms with E-state index in [2.05, 4.69) is 53.3 Å². The molecule has 0 rings (SSSR count). The summed E-state index contributed by atoms with van der Waals surface area (Å²) in [4.78, 5) is 0. The van der Waals surface area contributed by atoms with Gasteiger partial charge in [0.1, 0.15) is 0 Å². The van der Waals surface area contributed by atoms with E-state index in [0.29, 0.717) is 0 Å². The van der Waals surface area contributed by atoms with E-state index in [1.807, 2.05) is 0 Å². The molecule has 0 saturated carbocycles. The van der Waals surface area contributed by atoms with E-state index in [1.165, 1.54) is 11.1 Å². The Morgan fingerprint density at radius 2 is 1.45 bits per heavy atom. The van der Waals surface area contributed by atoms with Crippen LogP contribution in [0.4, 0.5) is 0 Å². The van der Waals surface area contributed by atoms with Crippen molar-refractivity contribution in [2.75, 3.05) is 13.2 Å². The number of hydrogen-bond donors (Lipinski definition) is 0. The molecule has 0 bridgehead atoms. The van der Waals surface area contributed by atoms with Crippen molar-refractivity contribution in [3.63, 3.8) is 0 Å². The van der Waals surface area contributed by atoms with Gasteiger partial charge in [-0.05, 0) is 64.9 Å². The molecule has 0 N–H and O–H groups in total. The van der Waals surface area contributed by atoms with E-state index in [0.717, 1.165) is 57.3 Å². The lowest BCUT2D eigenvalue weighted by molar-refractivity contribution is -0.119. The van der Waals surface area contributed by atoms with Crippen molar-refractivity contribution in [3.05, 3.63) is 35.5 Å². The Kier molecular flexibility index (Phi) is 13.2. The predicted octanol–water partition coefficient (Wildman–Crippen LogP) is 6.19. The minimum Gasteiger partial charge on any atom is -0.349 e. The Bertz CT molecular complexity index is 341. The van der Waals surface area contributed by atoms with Gasteiger partial charge in [-0.1, -0.05) is 43.7 Å². The van der Waals surface area contributed by atoms with Crippen LogP contribution < -0.4 is 0 Å². The molecular weight excluding hydrogens is 272 g/mol. The lowest BCUT2D eigenvalue weighted by atomic mass is 10.1. The molecule has 0 amide bonds. The van der Waals surface area contributed by atoms with Crippen molar-refractivity contribution >= 4 is 0 Å². The first-order valence-corrected chi connectivity index (χ1v) is 8.71. The third kappa shape index (κ3) is 11.8. The lowest BCUT2D eigenvalue weighted by Gasteiger charge is -2.20. The summed E-state index contributed by atoms with van der Waals surface area (Å²) in [6.45, 7) is 16.3. The molecule has 0 atom stereocenters. The summed E-state index contributed by atoms with van der Waals surface area (Å²) < 4.78 is 11.5. The van der Waals surface area contributed by atoms with E-state index in [-0.39, 0.29) is 6.29 Å². The van der Waals surface area contributed by atoms with E-state index in [9.17, 15) is 0 Å². The smallest absolute Gasteiger partial charge is 0.179 e. The SMILES string of the molecule is C=C(CCC=C(C)CCC=C(C)C)C(OCCC)OCCC. The average Bonchev–Trinajstić information content (AvgIpc) is 2.46. The Morgan fingerprint density at radius 1 is 0.909 bits per heavy atom. The molecule has 2 heteroatoms. The Balaban J connectivity index is 4.16. The maximum atomic E-state index is 5.75. The largest absolute Gasteiger partial charge is 0.349 e. The fourth-order valence-corrected chi connectivity index (χ4v) is 2.05. The highest BCUT2D eigenvalue weighted by Gasteiger charge is 2.12. The summed E-state index contributed by atoms with van der Waals surface area (Å²) in [5, 5.41) is 0. The van der Waals surface area contributed by atoms with Crippen LogP contribution in [0.3, 0.4) is 0 Å². The summed E-state index contributed by atoms with van der Waals surface area (Å²) in [6, 6.07) is 0. The molecule has 0 aromatic heterocycles. The van der Waals surface area contributed by atoms with Crippen LogP contribution in [0.15, 0.2) is 35.5 Å². The molecule has 0 aromatic rings. The van der Waals surface area contributed by atoms with Gasteiger partial charge in [-0.3, -0.25) is 0 Å². The molecular formula is C20H36O2. The molecule has 0 aliphatic carbocycles. The van der Waals surface area contributed by atoms with E-state index < -0.39 is 0 Å². The Hall–Kier alpha value is -0.860. The second-order valence-electron chi connectivity index (χ2n) is 6.14. The maximum absolute atomic E-state index is 5.75. The number of ether oxygens (including phenoxy) is 2. The molecule has 2 nitrogen and oxygen atoms in total. The standard InChI is InChI=1S/C20H36O2/c1-7-15-21-20(22-16-8-2)19(6)14-10-13-18(5)12-9-11-17(3)4/h11,13,20H,6-10,12,14-16H2,1-5H3. The van der Waals surface area contributed by atoms with Crippen LogP contribution in [0.25, 0.3) is 0 Å². The van der Waals surface area contributed by atoms with Crippen LogP contribution in [-0.2, 0) is 9.47 Å². The van der Waals surface area contributed by atoms with Crippen LogP contribution in [-0.4, -0.2) is 19.5 Å². The molecule has 0 aliphatic rings. The highest BCUT2D eigenvalue weighted by atomic mass is 16.7. The van der Waals surface area contributed by atoms with Crippen molar-refractivity contribution < 1.29 is 9.47 Å². The third-order valence-corrected chi connectivity index (χ3v) is 3.33. The van der Waals surface area contributed by atoms with Crippen molar-refractivity contribution in [1.29, 1.82) is 0 Å². The molecule has 0 heterocycles. The van der Waals surface area contributed by atoms with Gasteiger partial charge in [0.2, 0.25) is 0 Å². The normalized spacial score (nSPS) is 11.8. The maximum Gasteiger partial charge on any atom is 0.179 e. The van der Waals surface area contributed by atoms with Gasteiger partial charge >= 0.3 is 0 Å². The average molecular weight is 309 g/mol. The van der Waals surface area contributed by atoms with Crippen LogP contribution in [0.2, 0.25) is 0 Å². The van der Waals surface area contributed by atoms with Crippen LogP contribution in [0.1, 0.15) is 73.1 Å². The quantitative estimate of drug-likeness (QED) is 0.298. The Labute approximate surface area is 138 Å². The van der Waals surface area contributed by atoms with Crippen LogP contribution in [0, 0.1) is 0 Å². The first-order chi connectivity index (χ1) is 10.5. The van der Waals surface area contributed by atoms with Gasteiger partial charge in [-0.25, -0.2) is 0 Å². The number of allylic oxidation sites excluding steroid dienone is 4. The molecule has 22 heavy (non-hydrogen) atoms.